The molecule has 1 unspecified atom stereocenters. The Morgan fingerprint density at radius 2 is 2.33 bits per heavy atom. The van der Waals surface area contributed by atoms with Gasteiger partial charge in [-0.25, -0.2) is 4.98 Å². The number of nitrogens with zero attached hydrogens (tertiary/aromatic N) is 2. The van der Waals surface area contributed by atoms with Gasteiger partial charge >= 0.3 is 0 Å². The van der Waals surface area contributed by atoms with Crippen LogP contribution in [-0.4, -0.2) is 36.8 Å². The van der Waals surface area contributed by atoms with E-state index in [1.165, 1.54) is 18.4 Å². The highest BCUT2D eigenvalue weighted by atomic mass is 16.5. The van der Waals surface area contributed by atoms with E-state index in [-0.39, 0.29) is 0 Å². The van der Waals surface area contributed by atoms with Crippen LogP contribution in [0.25, 0.3) is 0 Å². The van der Waals surface area contributed by atoms with Gasteiger partial charge in [-0.2, -0.15) is 0 Å². The zero-order chi connectivity index (χ0) is 12.4. The Labute approximate surface area is 108 Å². The Balaban J connectivity index is 1.58. The molecular formula is C14H21N3O. The molecule has 1 atom stereocenters. The molecule has 1 aliphatic carbocycles. The molecule has 2 fully saturated rings. The Morgan fingerprint density at radius 1 is 1.44 bits per heavy atom. The van der Waals surface area contributed by atoms with Gasteiger partial charge in [-0.3, -0.25) is 0 Å². The molecule has 1 aromatic rings. The number of hydrogen-bond acceptors (Lipinski definition) is 4. The van der Waals surface area contributed by atoms with Crippen molar-refractivity contribution in [1.82, 2.24) is 10.3 Å². The van der Waals surface area contributed by atoms with Crippen molar-refractivity contribution in [1.29, 1.82) is 0 Å². The summed E-state index contributed by atoms with van der Waals surface area (Å²) in [7, 11) is 0. The maximum absolute atomic E-state index is 5.55. The Bertz CT molecular complexity index is 389. The van der Waals surface area contributed by atoms with Crippen LogP contribution in [0.5, 0.6) is 0 Å². The summed E-state index contributed by atoms with van der Waals surface area (Å²) in [5.74, 6) is 1.07. The van der Waals surface area contributed by atoms with E-state index in [9.17, 15) is 0 Å². The molecule has 1 aromatic heterocycles. The van der Waals surface area contributed by atoms with E-state index >= 15 is 0 Å². The first-order valence-corrected chi connectivity index (χ1v) is 6.86. The van der Waals surface area contributed by atoms with Crippen molar-refractivity contribution in [2.75, 3.05) is 24.6 Å². The minimum atomic E-state index is 0.303. The van der Waals surface area contributed by atoms with E-state index in [4.69, 9.17) is 4.74 Å². The summed E-state index contributed by atoms with van der Waals surface area (Å²) in [5.41, 5.74) is 1.27. The van der Waals surface area contributed by atoms with Crippen molar-refractivity contribution < 1.29 is 4.74 Å². The molecule has 0 amide bonds. The number of pyridine rings is 1. The van der Waals surface area contributed by atoms with Gasteiger partial charge in [0, 0.05) is 31.9 Å². The van der Waals surface area contributed by atoms with E-state index in [2.05, 4.69) is 34.3 Å². The summed E-state index contributed by atoms with van der Waals surface area (Å²) in [6, 6.07) is 5.06. The molecule has 4 heteroatoms. The Hall–Kier alpha value is -1.13. The quantitative estimate of drug-likeness (QED) is 0.876. The van der Waals surface area contributed by atoms with Crippen LogP contribution >= 0.6 is 0 Å². The van der Waals surface area contributed by atoms with Gasteiger partial charge in [0.15, 0.2) is 0 Å². The smallest absolute Gasteiger partial charge is 0.128 e. The predicted molar refractivity (Wildman–Crippen MR) is 71.7 cm³/mol. The van der Waals surface area contributed by atoms with Crippen LogP contribution in [0.2, 0.25) is 0 Å². The van der Waals surface area contributed by atoms with Crippen molar-refractivity contribution in [3.05, 3.63) is 23.9 Å². The number of nitrogens with one attached hydrogen (secondary N) is 1. The van der Waals surface area contributed by atoms with Gasteiger partial charge in [-0.05, 0) is 31.4 Å². The van der Waals surface area contributed by atoms with Crippen LogP contribution < -0.4 is 10.2 Å². The average molecular weight is 247 g/mol. The van der Waals surface area contributed by atoms with E-state index < -0.39 is 0 Å². The average Bonchev–Trinajstić information content (AvgIpc) is 3.21. The highest BCUT2D eigenvalue weighted by Crippen LogP contribution is 2.20. The first-order valence-electron chi connectivity index (χ1n) is 6.86. The molecule has 4 nitrogen and oxygen atoms in total. The lowest BCUT2D eigenvalue weighted by Gasteiger charge is -2.32. The van der Waals surface area contributed by atoms with Gasteiger partial charge in [0.2, 0.25) is 0 Å². The number of anilines is 1. The molecule has 1 saturated heterocycles. The van der Waals surface area contributed by atoms with Crippen LogP contribution in [0.1, 0.15) is 25.3 Å². The fraction of sp³-hybridized carbons (Fsp3) is 0.643. The summed E-state index contributed by atoms with van der Waals surface area (Å²) in [6.07, 6.45) is 4.95. The van der Waals surface area contributed by atoms with Crippen LogP contribution in [0.4, 0.5) is 5.82 Å². The zero-order valence-electron chi connectivity index (χ0n) is 10.9. The van der Waals surface area contributed by atoms with Crippen LogP contribution in [0.15, 0.2) is 18.3 Å². The minimum absolute atomic E-state index is 0.303. The van der Waals surface area contributed by atoms with Gasteiger partial charge < -0.3 is 15.0 Å². The van der Waals surface area contributed by atoms with Crippen molar-refractivity contribution in [3.8, 4) is 0 Å². The van der Waals surface area contributed by atoms with Crippen LogP contribution in [0, 0.1) is 0 Å². The lowest BCUT2D eigenvalue weighted by molar-refractivity contribution is 0.0529. The molecule has 0 aromatic carbocycles. The maximum atomic E-state index is 5.55. The third-order valence-corrected chi connectivity index (χ3v) is 3.55. The molecule has 0 bridgehead atoms. The fourth-order valence-corrected chi connectivity index (χ4v) is 2.28. The lowest BCUT2D eigenvalue weighted by Crippen LogP contribution is -2.41. The van der Waals surface area contributed by atoms with Gasteiger partial charge in [0.1, 0.15) is 5.82 Å². The molecule has 1 aliphatic heterocycles. The highest BCUT2D eigenvalue weighted by Gasteiger charge is 2.20. The Morgan fingerprint density at radius 3 is 3.00 bits per heavy atom. The molecule has 3 rings (SSSR count). The highest BCUT2D eigenvalue weighted by molar-refractivity contribution is 5.39. The number of aromatic nitrogens is 1. The maximum Gasteiger partial charge on any atom is 0.128 e. The monoisotopic (exact) mass is 247 g/mol. The number of hydrogen-bond donors (Lipinski definition) is 1. The van der Waals surface area contributed by atoms with Gasteiger partial charge in [-0.1, -0.05) is 6.07 Å². The summed E-state index contributed by atoms with van der Waals surface area (Å²) in [4.78, 5) is 6.86. The van der Waals surface area contributed by atoms with E-state index in [0.717, 1.165) is 38.1 Å². The SMILES string of the molecule is CC1CN(c2ccc(CNC3CC3)cn2)CCO1. The molecule has 1 saturated carbocycles. The summed E-state index contributed by atoms with van der Waals surface area (Å²) >= 11 is 0. The normalized spacial score (nSPS) is 24.3. The molecule has 1 N–H and O–H groups in total. The first-order chi connectivity index (χ1) is 8.81. The summed E-state index contributed by atoms with van der Waals surface area (Å²) in [6.45, 7) is 5.73. The van der Waals surface area contributed by atoms with Crippen molar-refractivity contribution in [2.24, 2.45) is 0 Å². The van der Waals surface area contributed by atoms with Gasteiger partial charge in [0.05, 0.1) is 12.7 Å². The van der Waals surface area contributed by atoms with E-state index in [1.54, 1.807) is 0 Å². The molecule has 98 valence electrons. The number of ether oxygens (including phenoxy) is 1. The molecular weight excluding hydrogens is 226 g/mol. The summed E-state index contributed by atoms with van der Waals surface area (Å²) < 4.78 is 5.55. The van der Waals surface area contributed by atoms with E-state index in [1.807, 2.05) is 6.20 Å². The second kappa shape index (κ2) is 5.24. The predicted octanol–water partition coefficient (Wildman–Crippen LogP) is 1.56. The molecule has 0 radical (unpaired) electrons. The standard InChI is InChI=1S/C14H21N3O/c1-11-10-17(6-7-18-11)14-5-2-12(9-16-14)8-15-13-3-4-13/h2,5,9,11,13,15H,3-4,6-8,10H2,1H3. The van der Waals surface area contributed by atoms with Crippen LogP contribution in [0.3, 0.4) is 0 Å². The van der Waals surface area contributed by atoms with Crippen molar-refractivity contribution >= 4 is 5.82 Å². The van der Waals surface area contributed by atoms with E-state index in [0.29, 0.717) is 6.10 Å². The number of morpholine rings is 1. The fourth-order valence-electron chi connectivity index (χ4n) is 2.28. The van der Waals surface area contributed by atoms with Gasteiger partial charge in [-0.15, -0.1) is 0 Å². The van der Waals surface area contributed by atoms with Gasteiger partial charge in [0.25, 0.3) is 0 Å². The van der Waals surface area contributed by atoms with Crippen LogP contribution in [-0.2, 0) is 11.3 Å². The number of rotatable bonds is 4. The van der Waals surface area contributed by atoms with Crippen molar-refractivity contribution in [2.45, 2.75) is 38.5 Å². The minimum Gasteiger partial charge on any atom is -0.375 e. The second-order valence-corrected chi connectivity index (χ2v) is 5.31. The summed E-state index contributed by atoms with van der Waals surface area (Å²) in [5, 5.41) is 3.51. The Kier molecular flexibility index (Phi) is 3.48. The first kappa shape index (κ1) is 11.9. The third-order valence-electron chi connectivity index (χ3n) is 3.55. The largest absolute Gasteiger partial charge is 0.375 e. The molecule has 2 aliphatic rings. The lowest BCUT2D eigenvalue weighted by atomic mass is 10.2. The molecule has 18 heavy (non-hydrogen) atoms. The molecule has 0 spiro atoms. The topological polar surface area (TPSA) is 37.4 Å². The van der Waals surface area contributed by atoms with Crippen molar-refractivity contribution in [3.63, 3.8) is 0 Å². The zero-order valence-corrected chi connectivity index (χ0v) is 10.9. The molecule has 2 heterocycles. The second-order valence-electron chi connectivity index (χ2n) is 5.31. The third kappa shape index (κ3) is 3.00.